The molecule has 1 aromatic rings. The van der Waals surface area contributed by atoms with Crippen LogP contribution >= 0.6 is 23.7 Å². The molecule has 1 N–H and O–H groups in total. The minimum atomic E-state index is 0. The molecule has 0 aliphatic carbocycles. The molecule has 0 atom stereocenters. The number of carbonyl (C=O) groups is 1. The first-order valence-electron chi connectivity index (χ1n) is 6.79. The molecule has 2 heterocycles. The Balaban J connectivity index is 0.00000180. The number of halogens is 1. The van der Waals surface area contributed by atoms with Crippen LogP contribution in [-0.4, -0.2) is 37.0 Å². The largest absolute Gasteiger partial charge is 0.341 e. The first-order valence-corrected chi connectivity index (χ1v) is 7.61. The molecular weight excluding hydrogens is 280 g/mol. The second-order valence-corrected chi connectivity index (χ2v) is 6.22. The maximum atomic E-state index is 12.0. The van der Waals surface area contributed by atoms with Crippen LogP contribution in [0.25, 0.3) is 0 Å². The Bertz CT molecular complexity index is 387. The highest BCUT2D eigenvalue weighted by atomic mass is 35.5. The smallest absolute Gasteiger partial charge is 0.222 e. The van der Waals surface area contributed by atoms with E-state index in [1.165, 1.54) is 9.75 Å². The van der Waals surface area contributed by atoms with Crippen molar-refractivity contribution < 1.29 is 4.79 Å². The zero-order chi connectivity index (χ0) is 12.8. The van der Waals surface area contributed by atoms with Gasteiger partial charge in [-0.05, 0) is 44.9 Å². The third kappa shape index (κ3) is 5.51. The van der Waals surface area contributed by atoms with Crippen molar-refractivity contribution in [1.29, 1.82) is 0 Å². The molecule has 5 heteroatoms. The van der Waals surface area contributed by atoms with Crippen molar-refractivity contribution in [2.45, 2.75) is 32.6 Å². The molecule has 0 unspecified atom stereocenters. The minimum absolute atomic E-state index is 0. The van der Waals surface area contributed by atoms with Crippen LogP contribution in [-0.2, 0) is 11.2 Å². The molecule has 0 radical (unpaired) electrons. The Morgan fingerprint density at radius 2 is 2.21 bits per heavy atom. The molecule has 0 aromatic carbocycles. The predicted molar refractivity (Wildman–Crippen MR) is 83.3 cm³/mol. The lowest BCUT2D eigenvalue weighted by Crippen LogP contribution is -2.34. The van der Waals surface area contributed by atoms with Gasteiger partial charge in [-0.15, -0.1) is 23.7 Å². The minimum Gasteiger partial charge on any atom is -0.341 e. The maximum absolute atomic E-state index is 12.0. The first-order chi connectivity index (χ1) is 8.75. The van der Waals surface area contributed by atoms with Gasteiger partial charge < -0.3 is 10.2 Å². The number of nitrogens with one attached hydrogen (secondary N) is 1. The van der Waals surface area contributed by atoms with Gasteiger partial charge in [0.2, 0.25) is 5.91 Å². The molecule has 1 fully saturated rings. The summed E-state index contributed by atoms with van der Waals surface area (Å²) in [4.78, 5) is 16.8. The van der Waals surface area contributed by atoms with E-state index in [0.29, 0.717) is 12.3 Å². The van der Waals surface area contributed by atoms with Gasteiger partial charge in [-0.2, -0.15) is 0 Å². The monoisotopic (exact) mass is 302 g/mol. The summed E-state index contributed by atoms with van der Waals surface area (Å²) in [5.41, 5.74) is 0. The molecule has 1 aromatic heterocycles. The van der Waals surface area contributed by atoms with Crippen LogP contribution in [0.5, 0.6) is 0 Å². The molecule has 0 spiro atoms. The molecule has 1 aliphatic heterocycles. The summed E-state index contributed by atoms with van der Waals surface area (Å²) >= 11 is 1.84. The quantitative estimate of drug-likeness (QED) is 0.927. The van der Waals surface area contributed by atoms with Gasteiger partial charge in [0, 0.05) is 35.8 Å². The van der Waals surface area contributed by atoms with Crippen LogP contribution in [0, 0.1) is 6.92 Å². The van der Waals surface area contributed by atoms with Gasteiger partial charge in [-0.3, -0.25) is 4.79 Å². The summed E-state index contributed by atoms with van der Waals surface area (Å²) < 4.78 is 0. The van der Waals surface area contributed by atoms with Gasteiger partial charge >= 0.3 is 0 Å². The molecule has 1 saturated heterocycles. The zero-order valence-electron chi connectivity index (χ0n) is 11.5. The van der Waals surface area contributed by atoms with E-state index in [2.05, 4.69) is 24.4 Å². The highest BCUT2D eigenvalue weighted by Gasteiger charge is 2.14. The Hall–Kier alpha value is -0.580. The van der Waals surface area contributed by atoms with E-state index in [1.807, 2.05) is 16.2 Å². The van der Waals surface area contributed by atoms with Crippen LogP contribution in [0.3, 0.4) is 0 Å². The van der Waals surface area contributed by atoms with E-state index < -0.39 is 0 Å². The fourth-order valence-electron chi connectivity index (χ4n) is 2.29. The molecule has 0 saturated carbocycles. The van der Waals surface area contributed by atoms with Crippen molar-refractivity contribution in [3.05, 3.63) is 21.9 Å². The normalized spacial score (nSPS) is 15.7. The van der Waals surface area contributed by atoms with E-state index >= 15 is 0 Å². The fourth-order valence-corrected chi connectivity index (χ4v) is 3.22. The second-order valence-electron chi connectivity index (χ2n) is 4.85. The van der Waals surface area contributed by atoms with Gasteiger partial charge in [-0.25, -0.2) is 0 Å². The third-order valence-electron chi connectivity index (χ3n) is 3.30. The highest BCUT2D eigenvalue weighted by molar-refractivity contribution is 7.11. The van der Waals surface area contributed by atoms with Crippen LogP contribution < -0.4 is 5.32 Å². The summed E-state index contributed by atoms with van der Waals surface area (Å²) in [6.07, 6.45) is 3.78. The van der Waals surface area contributed by atoms with Crippen LogP contribution in [0.4, 0.5) is 0 Å². The molecule has 3 nitrogen and oxygen atoms in total. The zero-order valence-corrected chi connectivity index (χ0v) is 13.1. The van der Waals surface area contributed by atoms with Gasteiger partial charge in [0.05, 0.1) is 0 Å². The van der Waals surface area contributed by atoms with Gasteiger partial charge in [-0.1, -0.05) is 0 Å². The third-order valence-corrected chi connectivity index (χ3v) is 4.36. The van der Waals surface area contributed by atoms with Crippen molar-refractivity contribution in [3.63, 3.8) is 0 Å². The topological polar surface area (TPSA) is 32.3 Å². The average molecular weight is 303 g/mol. The molecule has 1 aliphatic rings. The standard InChI is InChI=1S/C14H22N2OS.ClH/c1-12-6-7-13(18-12)4-2-5-14(17)16-10-3-8-15-9-11-16;/h6-7,15H,2-5,8-11H2,1H3;1H. The fraction of sp³-hybridized carbons (Fsp3) is 0.643. The van der Waals surface area contributed by atoms with E-state index in [1.54, 1.807) is 0 Å². The number of hydrogen-bond donors (Lipinski definition) is 1. The van der Waals surface area contributed by atoms with Gasteiger partial charge in [0.15, 0.2) is 0 Å². The van der Waals surface area contributed by atoms with Crippen LogP contribution in [0.2, 0.25) is 0 Å². The van der Waals surface area contributed by atoms with Crippen molar-refractivity contribution >= 4 is 29.7 Å². The summed E-state index contributed by atoms with van der Waals surface area (Å²) in [5, 5.41) is 3.32. The second kappa shape index (κ2) is 8.56. The lowest BCUT2D eigenvalue weighted by atomic mass is 10.2. The predicted octanol–water partition coefficient (Wildman–Crippen LogP) is 2.62. The average Bonchev–Trinajstić information content (AvgIpc) is 2.63. The molecule has 2 rings (SSSR count). The van der Waals surface area contributed by atoms with Crippen molar-refractivity contribution in [1.82, 2.24) is 10.2 Å². The molecule has 108 valence electrons. The van der Waals surface area contributed by atoms with Crippen LogP contribution in [0.15, 0.2) is 12.1 Å². The number of aryl methyl sites for hydroxylation is 2. The van der Waals surface area contributed by atoms with E-state index in [4.69, 9.17) is 0 Å². The van der Waals surface area contributed by atoms with E-state index in [-0.39, 0.29) is 12.4 Å². The number of nitrogens with zero attached hydrogens (tertiary/aromatic N) is 1. The summed E-state index contributed by atoms with van der Waals surface area (Å²) in [5.74, 6) is 0.326. The SMILES string of the molecule is Cc1ccc(CCCC(=O)N2CCCNCC2)s1.Cl. The summed E-state index contributed by atoms with van der Waals surface area (Å²) in [7, 11) is 0. The van der Waals surface area contributed by atoms with Crippen molar-refractivity contribution in [3.8, 4) is 0 Å². The lowest BCUT2D eigenvalue weighted by Gasteiger charge is -2.19. The number of amides is 1. The lowest BCUT2D eigenvalue weighted by molar-refractivity contribution is -0.131. The molecule has 1 amide bonds. The van der Waals surface area contributed by atoms with Crippen LogP contribution in [0.1, 0.15) is 29.0 Å². The van der Waals surface area contributed by atoms with E-state index in [9.17, 15) is 4.79 Å². The summed E-state index contributed by atoms with van der Waals surface area (Å²) in [6.45, 7) is 5.90. The number of thiophene rings is 1. The Morgan fingerprint density at radius 3 is 2.95 bits per heavy atom. The molecular formula is C14H23ClN2OS. The maximum Gasteiger partial charge on any atom is 0.222 e. The van der Waals surface area contributed by atoms with Crippen molar-refractivity contribution in [2.24, 2.45) is 0 Å². The van der Waals surface area contributed by atoms with Crippen molar-refractivity contribution in [2.75, 3.05) is 26.2 Å². The number of carbonyl (C=O) groups excluding carboxylic acids is 1. The summed E-state index contributed by atoms with van der Waals surface area (Å²) in [6, 6.07) is 4.34. The van der Waals surface area contributed by atoms with Gasteiger partial charge in [0.25, 0.3) is 0 Å². The van der Waals surface area contributed by atoms with Gasteiger partial charge in [0.1, 0.15) is 0 Å². The van der Waals surface area contributed by atoms with E-state index in [0.717, 1.165) is 45.4 Å². The Morgan fingerprint density at radius 1 is 1.37 bits per heavy atom. The first kappa shape index (κ1) is 16.5. The molecule has 0 bridgehead atoms. The number of rotatable bonds is 4. The number of hydrogen-bond acceptors (Lipinski definition) is 3. The highest BCUT2D eigenvalue weighted by Crippen LogP contribution is 2.17. The molecule has 19 heavy (non-hydrogen) atoms. The Kier molecular flexibility index (Phi) is 7.42. The Labute approximate surface area is 125 Å².